The van der Waals surface area contributed by atoms with E-state index in [1.807, 2.05) is 35.8 Å². The minimum atomic E-state index is -0.514. The van der Waals surface area contributed by atoms with Gasteiger partial charge < -0.3 is 9.88 Å². The van der Waals surface area contributed by atoms with Crippen molar-refractivity contribution in [2.75, 3.05) is 11.4 Å². The lowest BCUT2D eigenvalue weighted by Crippen LogP contribution is -2.43. The number of hydrogen-bond donors (Lipinski definition) is 1. The van der Waals surface area contributed by atoms with E-state index in [-0.39, 0.29) is 18.4 Å². The Morgan fingerprint density at radius 2 is 2.12 bits per heavy atom. The summed E-state index contributed by atoms with van der Waals surface area (Å²) >= 11 is 0. The zero-order valence-corrected chi connectivity index (χ0v) is 14.7. The van der Waals surface area contributed by atoms with Gasteiger partial charge in [-0.25, -0.2) is 4.98 Å². The third-order valence-corrected chi connectivity index (χ3v) is 4.66. The van der Waals surface area contributed by atoms with Crippen LogP contribution in [0.3, 0.4) is 0 Å². The molecule has 134 valence electrons. The number of carbonyl (C=O) groups is 2. The van der Waals surface area contributed by atoms with Crippen molar-refractivity contribution in [3.63, 3.8) is 0 Å². The molecule has 0 bridgehead atoms. The van der Waals surface area contributed by atoms with Gasteiger partial charge in [0.05, 0.1) is 11.0 Å². The van der Waals surface area contributed by atoms with Crippen LogP contribution in [-0.2, 0) is 23.2 Å². The molecule has 1 atom stereocenters. The smallest absolute Gasteiger partial charge is 0.250 e. The predicted octanol–water partition coefficient (Wildman–Crippen LogP) is 1.000. The molecule has 1 saturated heterocycles. The van der Waals surface area contributed by atoms with E-state index in [9.17, 15) is 9.59 Å². The van der Waals surface area contributed by atoms with Gasteiger partial charge >= 0.3 is 0 Å². The molecular formula is C18H20N6O2. The number of fused-ring (bicyclic) bond motifs is 1. The van der Waals surface area contributed by atoms with E-state index in [1.165, 1.54) is 0 Å². The highest BCUT2D eigenvalue weighted by molar-refractivity contribution is 6.00. The fourth-order valence-corrected chi connectivity index (χ4v) is 3.37. The van der Waals surface area contributed by atoms with Gasteiger partial charge in [-0.2, -0.15) is 5.10 Å². The standard InChI is InChI=1S/C18H20N6O2/c1-12-19-13-5-3-4-6-15(13)24(12)11-17(25)20-14-7-10-23(18(14)26)16-8-9-22(2)21-16/h3-6,8-9,14H,7,10-11H2,1-2H3,(H,20,25). The molecule has 0 saturated carbocycles. The third-order valence-electron chi connectivity index (χ3n) is 4.66. The van der Waals surface area contributed by atoms with Gasteiger partial charge in [-0.3, -0.25) is 19.2 Å². The van der Waals surface area contributed by atoms with Gasteiger partial charge in [-0.1, -0.05) is 12.1 Å². The second-order valence-electron chi connectivity index (χ2n) is 6.48. The molecule has 3 heterocycles. The second-order valence-corrected chi connectivity index (χ2v) is 6.48. The van der Waals surface area contributed by atoms with Crippen LogP contribution in [0.25, 0.3) is 11.0 Å². The number of amides is 2. The molecule has 8 nitrogen and oxygen atoms in total. The Morgan fingerprint density at radius 1 is 1.31 bits per heavy atom. The van der Waals surface area contributed by atoms with Crippen molar-refractivity contribution >= 4 is 28.7 Å². The molecule has 1 aromatic carbocycles. The Bertz CT molecular complexity index is 989. The van der Waals surface area contributed by atoms with Crippen molar-refractivity contribution in [2.45, 2.75) is 25.9 Å². The molecule has 4 rings (SSSR count). The fourth-order valence-electron chi connectivity index (χ4n) is 3.37. The fraction of sp³-hybridized carbons (Fsp3) is 0.333. The molecule has 3 aromatic rings. The average Bonchev–Trinajstić information content (AvgIpc) is 3.27. The Balaban J connectivity index is 1.45. The molecular weight excluding hydrogens is 332 g/mol. The zero-order valence-electron chi connectivity index (χ0n) is 14.7. The van der Waals surface area contributed by atoms with Crippen molar-refractivity contribution in [3.8, 4) is 0 Å². The maximum Gasteiger partial charge on any atom is 0.250 e. The number of benzene rings is 1. The summed E-state index contributed by atoms with van der Waals surface area (Å²) in [7, 11) is 1.81. The first-order chi connectivity index (χ1) is 12.5. The summed E-state index contributed by atoms with van der Waals surface area (Å²) in [6, 6.07) is 8.97. The van der Waals surface area contributed by atoms with Crippen LogP contribution >= 0.6 is 0 Å². The average molecular weight is 352 g/mol. The van der Waals surface area contributed by atoms with Crippen LogP contribution in [0.2, 0.25) is 0 Å². The first kappa shape index (κ1) is 16.3. The lowest BCUT2D eigenvalue weighted by atomic mass is 10.2. The molecule has 26 heavy (non-hydrogen) atoms. The Hall–Kier alpha value is -3.16. The first-order valence-electron chi connectivity index (χ1n) is 8.55. The minimum absolute atomic E-state index is 0.121. The van der Waals surface area contributed by atoms with Gasteiger partial charge in [0.25, 0.3) is 5.91 Å². The molecule has 1 N–H and O–H groups in total. The van der Waals surface area contributed by atoms with Gasteiger partial charge in [-0.05, 0) is 25.5 Å². The number of hydrogen-bond acceptors (Lipinski definition) is 4. The van der Waals surface area contributed by atoms with Crippen molar-refractivity contribution in [2.24, 2.45) is 7.05 Å². The zero-order chi connectivity index (χ0) is 18.3. The van der Waals surface area contributed by atoms with E-state index in [2.05, 4.69) is 15.4 Å². The van der Waals surface area contributed by atoms with E-state index in [0.717, 1.165) is 16.9 Å². The van der Waals surface area contributed by atoms with Gasteiger partial charge in [0, 0.05) is 25.9 Å². The highest BCUT2D eigenvalue weighted by Gasteiger charge is 2.34. The number of aromatic nitrogens is 4. The summed E-state index contributed by atoms with van der Waals surface area (Å²) in [5.41, 5.74) is 1.77. The Morgan fingerprint density at radius 3 is 2.88 bits per heavy atom. The van der Waals surface area contributed by atoms with Crippen molar-refractivity contribution < 1.29 is 9.59 Å². The van der Waals surface area contributed by atoms with E-state index in [0.29, 0.717) is 18.8 Å². The Labute approximate surface area is 150 Å². The number of nitrogens with zero attached hydrogens (tertiary/aromatic N) is 5. The van der Waals surface area contributed by atoms with Gasteiger partial charge in [0.1, 0.15) is 18.4 Å². The third kappa shape index (κ3) is 2.83. The molecule has 2 aromatic heterocycles. The number of aryl methyl sites for hydroxylation is 2. The van der Waals surface area contributed by atoms with Gasteiger partial charge in [-0.15, -0.1) is 0 Å². The molecule has 8 heteroatoms. The summed E-state index contributed by atoms with van der Waals surface area (Å²) in [5.74, 6) is 1.07. The molecule has 1 aliphatic heterocycles. The van der Waals surface area contributed by atoms with Gasteiger partial charge in [0.15, 0.2) is 5.82 Å². The number of nitrogens with one attached hydrogen (secondary N) is 1. The topological polar surface area (TPSA) is 85.1 Å². The number of anilines is 1. The molecule has 0 spiro atoms. The van der Waals surface area contributed by atoms with E-state index in [1.54, 1.807) is 28.9 Å². The number of rotatable bonds is 4. The van der Waals surface area contributed by atoms with E-state index in [4.69, 9.17) is 0 Å². The number of carbonyl (C=O) groups excluding carboxylic acids is 2. The molecule has 1 aliphatic rings. The van der Waals surface area contributed by atoms with Gasteiger partial charge in [0.2, 0.25) is 5.91 Å². The first-order valence-corrected chi connectivity index (χ1v) is 8.55. The largest absolute Gasteiger partial charge is 0.343 e. The minimum Gasteiger partial charge on any atom is -0.343 e. The van der Waals surface area contributed by atoms with Crippen LogP contribution in [0.15, 0.2) is 36.5 Å². The summed E-state index contributed by atoms with van der Waals surface area (Å²) in [4.78, 5) is 31.2. The quantitative estimate of drug-likeness (QED) is 0.759. The SMILES string of the molecule is Cc1nc2ccccc2n1CC(=O)NC1CCN(c2ccn(C)n2)C1=O. The maximum absolute atomic E-state index is 12.6. The highest BCUT2D eigenvalue weighted by Crippen LogP contribution is 2.20. The van der Waals surface area contributed by atoms with Crippen LogP contribution in [0.4, 0.5) is 5.82 Å². The Kier molecular flexibility index (Phi) is 3.95. The van der Waals surface area contributed by atoms with Crippen LogP contribution < -0.4 is 10.2 Å². The van der Waals surface area contributed by atoms with Crippen LogP contribution in [0, 0.1) is 6.92 Å². The molecule has 1 unspecified atom stereocenters. The normalized spacial score (nSPS) is 17.2. The molecule has 1 fully saturated rings. The maximum atomic E-state index is 12.6. The summed E-state index contributed by atoms with van der Waals surface area (Å²) in [5, 5.41) is 7.11. The summed E-state index contributed by atoms with van der Waals surface area (Å²) in [6.07, 6.45) is 2.37. The highest BCUT2D eigenvalue weighted by atomic mass is 16.2. The van der Waals surface area contributed by atoms with E-state index >= 15 is 0 Å². The van der Waals surface area contributed by atoms with Crippen LogP contribution in [-0.4, -0.2) is 43.7 Å². The molecule has 2 amide bonds. The molecule has 0 radical (unpaired) electrons. The summed E-state index contributed by atoms with van der Waals surface area (Å²) in [6.45, 7) is 2.56. The van der Waals surface area contributed by atoms with Crippen molar-refractivity contribution in [1.82, 2.24) is 24.6 Å². The molecule has 0 aliphatic carbocycles. The lowest BCUT2D eigenvalue weighted by Gasteiger charge is -2.15. The number of imidazole rings is 1. The van der Waals surface area contributed by atoms with Crippen molar-refractivity contribution in [1.29, 1.82) is 0 Å². The lowest BCUT2D eigenvalue weighted by molar-refractivity contribution is -0.126. The van der Waals surface area contributed by atoms with Crippen molar-refractivity contribution in [3.05, 3.63) is 42.4 Å². The van der Waals surface area contributed by atoms with Crippen LogP contribution in [0.1, 0.15) is 12.2 Å². The van der Waals surface area contributed by atoms with Crippen LogP contribution in [0.5, 0.6) is 0 Å². The predicted molar refractivity (Wildman–Crippen MR) is 96.6 cm³/mol. The second kappa shape index (κ2) is 6.29. The van der Waals surface area contributed by atoms with E-state index < -0.39 is 6.04 Å². The number of para-hydroxylation sites is 2. The monoisotopic (exact) mass is 352 g/mol. The summed E-state index contributed by atoms with van der Waals surface area (Å²) < 4.78 is 3.52.